The zero-order chi connectivity index (χ0) is 22.9. The smallest absolute Gasteiger partial charge is 0.407 e. The van der Waals surface area contributed by atoms with Crippen LogP contribution in [0.3, 0.4) is 0 Å². The topological polar surface area (TPSA) is 96.5 Å². The van der Waals surface area contributed by atoms with Gasteiger partial charge in [-0.25, -0.2) is 4.79 Å². The number of alkyl carbamates (subject to hydrolysis) is 1. The molecule has 0 bridgehead atoms. The van der Waals surface area contributed by atoms with Crippen molar-refractivity contribution < 1.29 is 19.1 Å². The molecule has 2 rings (SSSR count). The Morgan fingerprint density at radius 2 is 1.61 bits per heavy atom. The van der Waals surface area contributed by atoms with Crippen LogP contribution >= 0.6 is 0 Å². The Bertz CT molecular complexity index is 902. The van der Waals surface area contributed by atoms with E-state index in [0.717, 1.165) is 16.7 Å². The second-order valence-corrected chi connectivity index (χ2v) is 8.37. The van der Waals surface area contributed by atoms with Crippen molar-refractivity contribution >= 4 is 23.6 Å². The van der Waals surface area contributed by atoms with Gasteiger partial charge in [-0.2, -0.15) is 0 Å². The highest BCUT2D eigenvalue weighted by molar-refractivity contribution is 5.91. The minimum Gasteiger partial charge on any atom is -0.444 e. The minimum absolute atomic E-state index is 0.0412. The Labute approximate surface area is 183 Å². The molecule has 0 saturated carbocycles. The number of carbonyl (C=O) groups is 3. The Morgan fingerprint density at radius 1 is 0.903 bits per heavy atom. The molecule has 0 aliphatic rings. The van der Waals surface area contributed by atoms with E-state index < -0.39 is 11.7 Å². The van der Waals surface area contributed by atoms with Gasteiger partial charge in [-0.05, 0) is 51.0 Å². The van der Waals surface area contributed by atoms with Gasteiger partial charge in [0.2, 0.25) is 11.8 Å². The summed E-state index contributed by atoms with van der Waals surface area (Å²) < 4.78 is 5.12. The van der Waals surface area contributed by atoms with E-state index in [1.54, 1.807) is 32.9 Å². The van der Waals surface area contributed by atoms with Crippen LogP contribution in [-0.4, -0.2) is 30.1 Å². The molecule has 0 aliphatic heterocycles. The van der Waals surface area contributed by atoms with E-state index in [0.29, 0.717) is 18.7 Å². The Balaban J connectivity index is 1.70. The third-order valence-electron chi connectivity index (χ3n) is 4.19. The first-order valence-electron chi connectivity index (χ1n) is 10.3. The highest BCUT2D eigenvalue weighted by atomic mass is 16.6. The number of hydrogen-bond donors (Lipinski definition) is 3. The highest BCUT2D eigenvalue weighted by Crippen LogP contribution is 2.11. The summed E-state index contributed by atoms with van der Waals surface area (Å²) in [6, 6.07) is 15.1. The molecule has 7 heteroatoms. The molecule has 2 aromatic rings. The van der Waals surface area contributed by atoms with Gasteiger partial charge in [-0.15, -0.1) is 0 Å². The van der Waals surface area contributed by atoms with Crippen molar-refractivity contribution in [1.82, 2.24) is 10.6 Å². The predicted octanol–water partition coefficient (Wildman–Crippen LogP) is 3.71. The molecular weight excluding hydrogens is 394 g/mol. The lowest BCUT2D eigenvalue weighted by atomic mass is 10.1. The molecule has 0 aliphatic carbocycles. The van der Waals surface area contributed by atoms with Crippen LogP contribution in [0.15, 0.2) is 48.5 Å². The molecule has 0 spiro atoms. The number of nitrogens with one attached hydrogen (secondary N) is 3. The normalized spacial score (nSPS) is 10.8. The van der Waals surface area contributed by atoms with Gasteiger partial charge in [0.15, 0.2) is 0 Å². The lowest BCUT2D eigenvalue weighted by Gasteiger charge is -2.19. The molecule has 2 aromatic carbocycles. The zero-order valence-electron chi connectivity index (χ0n) is 18.6. The lowest BCUT2D eigenvalue weighted by molar-refractivity contribution is -0.120. The fourth-order valence-electron chi connectivity index (χ4n) is 2.79. The van der Waals surface area contributed by atoms with E-state index in [9.17, 15) is 14.4 Å². The first-order valence-corrected chi connectivity index (χ1v) is 10.3. The lowest BCUT2D eigenvalue weighted by Crippen LogP contribution is -2.34. The van der Waals surface area contributed by atoms with E-state index in [1.807, 2.05) is 43.3 Å². The quantitative estimate of drug-likeness (QED) is 0.601. The molecule has 0 heterocycles. The predicted molar refractivity (Wildman–Crippen MR) is 121 cm³/mol. The second-order valence-electron chi connectivity index (χ2n) is 8.37. The van der Waals surface area contributed by atoms with E-state index in [-0.39, 0.29) is 24.8 Å². The number of hydrogen-bond acceptors (Lipinski definition) is 4. The summed E-state index contributed by atoms with van der Waals surface area (Å²) in [5, 5.41) is 8.23. The molecule has 0 aromatic heterocycles. The number of aryl methyl sites for hydroxylation is 1. The highest BCUT2D eigenvalue weighted by Gasteiger charge is 2.15. The molecule has 0 saturated heterocycles. The van der Waals surface area contributed by atoms with Gasteiger partial charge in [0.25, 0.3) is 0 Å². The van der Waals surface area contributed by atoms with Gasteiger partial charge < -0.3 is 20.7 Å². The molecule has 0 atom stereocenters. The molecule has 7 nitrogen and oxygen atoms in total. The minimum atomic E-state index is -0.575. The Hall–Kier alpha value is -3.35. The fourth-order valence-corrected chi connectivity index (χ4v) is 2.79. The Kier molecular flexibility index (Phi) is 8.61. The fraction of sp³-hybridized carbons (Fsp3) is 0.375. The van der Waals surface area contributed by atoms with Gasteiger partial charge in [-0.3, -0.25) is 9.59 Å². The summed E-state index contributed by atoms with van der Waals surface area (Å²) in [5.74, 6) is -0.254. The van der Waals surface area contributed by atoms with Crippen molar-refractivity contribution in [3.05, 3.63) is 65.2 Å². The molecule has 166 valence electrons. The summed E-state index contributed by atoms with van der Waals surface area (Å²) in [4.78, 5) is 35.7. The summed E-state index contributed by atoms with van der Waals surface area (Å²) in [7, 11) is 0. The molecule has 0 fully saturated rings. The second kappa shape index (κ2) is 11.2. The van der Waals surface area contributed by atoms with Crippen molar-refractivity contribution in [2.75, 3.05) is 11.9 Å². The monoisotopic (exact) mass is 425 g/mol. The van der Waals surface area contributed by atoms with Crippen LogP contribution in [0, 0.1) is 6.92 Å². The molecule has 0 radical (unpaired) electrons. The molecule has 3 N–H and O–H groups in total. The van der Waals surface area contributed by atoms with E-state index >= 15 is 0 Å². The van der Waals surface area contributed by atoms with Crippen molar-refractivity contribution in [1.29, 1.82) is 0 Å². The number of anilines is 1. The number of ether oxygens (including phenoxy) is 1. The summed E-state index contributed by atoms with van der Waals surface area (Å²) in [6.07, 6.45) is -0.0718. The standard InChI is InChI=1S/C24H31N3O4/c1-17-6-5-7-19(14-17)15-22(29)26-16-18-8-10-20(11-9-18)27-21(28)12-13-25-23(30)31-24(2,3)4/h5-11,14H,12-13,15-16H2,1-4H3,(H,25,30)(H,26,29)(H,27,28). The average molecular weight is 426 g/mol. The van der Waals surface area contributed by atoms with Crippen molar-refractivity contribution in [3.63, 3.8) is 0 Å². The van der Waals surface area contributed by atoms with Gasteiger partial charge >= 0.3 is 6.09 Å². The van der Waals surface area contributed by atoms with Crippen LogP contribution < -0.4 is 16.0 Å². The van der Waals surface area contributed by atoms with Crippen LogP contribution in [0.25, 0.3) is 0 Å². The summed E-state index contributed by atoms with van der Waals surface area (Å²) in [6.45, 7) is 7.93. The summed E-state index contributed by atoms with van der Waals surface area (Å²) in [5.41, 5.74) is 3.12. The number of amides is 3. The third-order valence-corrected chi connectivity index (χ3v) is 4.19. The van der Waals surface area contributed by atoms with Crippen LogP contribution in [0.4, 0.5) is 10.5 Å². The van der Waals surface area contributed by atoms with Crippen LogP contribution in [0.5, 0.6) is 0 Å². The Morgan fingerprint density at radius 3 is 2.26 bits per heavy atom. The van der Waals surface area contributed by atoms with Gasteiger partial charge in [0.05, 0.1) is 6.42 Å². The van der Waals surface area contributed by atoms with Crippen molar-refractivity contribution in [2.24, 2.45) is 0 Å². The summed E-state index contributed by atoms with van der Waals surface area (Å²) >= 11 is 0. The van der Waals surface area contributed by atoms with Crippen molar-refractivity contribution in [2.45, 2.75) is 52.7 Å². The van der Waals surface area contributed by atoms with Crippen LogP contribution in [0.1, 0.15) is 43.9 Å². The number of carbonyl (C=O) groups excluding carboxylic acids is 3. The van der Waals surface area contributed by atoms with E-state index in [1.165, 1.54) is 0 Å². The molecule has 3 amide bonds. The maximum atomic E-state index is 12.1. The molecule has 0 unspecified atom stereocenters. The molecular formula is C24H31N3O4. The number of benzene rings is 2. The molecule has 31 heavy (non-hydrogen) atoms. The van der Waals surface area contributed by atoms with Gasteiger partial charge in [-0.1, -0.05) is 42.0 Å². The largest absolute Gasteiger partial charge is 0.444 e. The van der Waals surface area contributed by atoms with Crippen LogP contribution in [0.2, 0.25) is 0 Å². The van der Waals surface area contributed by atoms with Gasteiger partial charge in [0, 0.05) is 25.2 Å². The first kappa shape index (κ1) is 23.9. The third kappa shape index (κ3) is 9.80. The number of rotatable bonds is 8. The maximum absolute atomic E-state index is 12.1. The SMILES string of the molecule is Cc1cccc(CC(=O)NCc2ccc(NC(=O)CCNC(=O)OC(C)(C)C)cc2)c1. The maximum Gasteiger partial charge on any atom is 0.407 e. The van der Waals surface area contributed by atoms with E-state index in [4.69, 9.17) is 4.74 Å². The van der Waals surface area contributed by atoms with E-state index in [2.05, 4.69) is 16.0 Å². The zero-order valence-corrected chi connectivity index (χ0v) is 18.6. The van der Waals surface area contributed by atoms with Gasteiger partial charge in [0.1, 0.15) is 5.60 Å². The van der Waals surface area contributed by atoms with Crippen molar-refractivity contribution in [3.8, 4) is 0 Å². The first-order chi connectivity index (χ1) is 14.6. The van der Waals surface area contributed by atoms with Crippen LogP contribution in [-0.2, 0) is 27.3 Å². The average Bonchev–Trinajstić information content (AvgIpc) is 2.66.